The molecule has 0 amide bonds. The van der Waals surface area contributed by atoms with Crippen LogP contribution < -0.4 is 0 Å². The minimum absolute atomic E-state index is 0.000814. The van der Waals surface area contributed by atoms with Crippen molar-refractivity contribution in [1.82, 2.24) is 151 Å². The van der Waals surface area contributed by atoms with Crippen molar-refractivity contribution in [3.05, 3.63) is 205 Å². The van der Waals surface area contributed by atoms with Crippen LogP contribution in [-0.4, -0.2) is 151 Å². The number of aromatic nitrogens is 30. The first-order chi connectivity index (χ1) is 73.1. The Kier molecular flexibility index (Phi) is 23.9. The van der Waals surface area contributed by atoms with Crippen LogP contribution in [0.4, 0.5) is 34.6 Å². The molecule has 0 saturated heterocycles. The van der Waals surface area contributed by atoms with Gasteiger partial charge < -0.3 is 19.4 Å². The zero-order valence-electron chi connectivity index (χ0n) is 71.8. The van der Waals surface area contributed by atoms with Crippen LogP contribution >= 0.6 is 0 Å². The van der Waals surface area contributed by atoms with E-state index in [9.17, 15) is 126 Å². The lowest BCUT2D eigenvalue weighted by Crippen LogP contribution is -2.05. The van der Waals surface area contributed by atoms with E-state index in [0.29, 0.717) is 0 Å². The van der Waals surface area contributed by atoms with Crippen LogP contribution in [0.2, 0.25) is 0 Å². The van der Waals surface area contributed by atoms with Crippen LogP contribution in [0.25, 0.3) is 193 Å². The monoisotopic (exact) mass is 1920 g/mol. The second-order valence-corrected chi connectivity index (χ2v) is 27.7. The largest absolute Gasteiger partial charge is 0.370 e. The van der Waals surface area contributed by atoms with Gasteiger partial charge in [-0.2, -0.15) is 136 Å². The number of hydrogen-bond acceptors (Lipinski definition) is 54. The van der Waals surface area contributed by atoms with Gasteiger partial charge in [0.25, 0.3) is 11.6 Å². The van der Waals surface area contributed by atoms with E-state index in [1.54, 1.807) is 97.1 Å². The van der Waals surface area contributed by atoms with Gasteiger partial charge in [-0.25, -0.2) is 79.5 Å². The Morgan fingerprint density at radius 3 is 0.620 bits per heavy atom. The molecule has 60 nitrogen and oxygen atoms in total. The molecule has 0 radical (unpaired) electrons. The minimum Gasteiger partial charge on any atom is -0.370 e. The minimum atomic E-state index is -0.360. The summed E-state index contributed by atoms with van der Waals surface area (Å²) < 4.78 is 0. The average molecular weight is 1920 g/mol. The van der Waals surface area contributed by atoms with Gasteiger partial charge in [-0.1, -0.05) is 36.5 Å². The molecule has 0 bridgehead atoms. The van der Waals surface area contributed by atoms with Crippen molar-refractivity contribution < 1.29 is 0 Å². The number of nitriles is 24. The summed E-state index contributed by atoms with van der Waals surface area (Å²) in [4.78, 5) is 85.3. The van der Waals surface area contributed by atoms with Gasteiger partial charge in [0.05, 0.1) is 85.0 Å². The summed E-state index contributed by atoms with van der Waals surface area (Å²) in [5, 5.41) is 279. The van der Waals surface area contributed by atoms with Gasteiger partial charge >= 0.3 is 11.6 Å². The van der Waals surface area contributed by atoms with Gasteiger partial charge in [0.1, 0.15) is 233 Å². The maximum Gasteiger partial charge on any atom is 0.314 e. The molecule has 660 valence electrons. The van der Waals surface area contributed by atoms with Gasteiger partial charge in [0, 0.05) is 10.8 Å². The Hall–Kier alpha value is -29.1. The third kappa shape index (κ3) is 14.5. The standard InChI is InChI=1S/5C18N12/c1-21-11-7(5-19)27-29-15-9(11)13-14(26-18(24-4)17(23-3)25-13)10-12(22-2)8(6-20)28-30-16(10)15;2*1-24-18-7(2-19)12-13-15(26-9(4-21)8(3-20)25-13)17-16(14(12)29-30-18)27-10(5-22)11(6-23)28-17;19-1-7-8(2-20)27-18-15-9(3-21)25-12(6-24)28-16(15)13-10(4-22)29-30-11(5-23)14(13)17(18)26-7;19-1-7-8(2-20)27-30-16-13(7)17-18(26-10(4-22)9(3-21)25-17)15-12(6-24)29-28-11(5-23)14(15)16. The molecular formula is C90N60. The van der Waals surface area contributed by atoms with E-state index < -0.39 is 0 Å². The zero-order valence-corrected chi connectivity index (χ0v) is 71.8. The van der Waals surface area contributed by atoms with Gasteiger partial charge in [0.15, 0.2) is 114 Å². The molecule has 150 heavy (non-hydrogen) atoms. The van der Waals surface area contributed by atoms with Crippen LogP contribution in [0.1, 0.15) is 136 Å². The summed E-state index contributed by atoms with van der Waals surface area (Å²) in [6, 6.07) is 42.7. The molecule has 0 fully saturated rings. The van der Waals surface area contributed by atoms with E-state index in [4.69, 9.17) is 39.4 Å². The molecule has 0 aliphatic heterocycles. The van der Waals surface area contributed by atoms with Crippen LogP contribution in [0, 0.1) is 311 Å². The highest BCUT2D eigenvalue weighted by Gasteiger charge is 2.34. The van der Waals surface area contributed by atoms with Crippen LogP contribution in [0.15, 0.2) is 0 Å². The molecular weight excluding hydrogens is 1920 g/mol. The fourth-order valence-corrected chi connectivity index (χ4v) is 14.7. The Balaban J connectivity index is 0.000000133. The highest BCUT2D eigenvalue weighted by atomic mass is 15.2. The van der Waals surface area contributed by atoms with Crippen molar-refractivity contribution in [2.45, 2.75) is 0 Å². The summed E-state index contributed by atoms with van der Waals surface area (Å²) >= 11 is 0. The number of benzene rings is 5. The van der Waals surface area contributed by atoms with E-state index in [1.807, 2.05) is 48.6 Å². The Morgan fingerprint density at radius 2 is 0.340 bits per heavy atom. The summed E-state index contributed by atoms with van der Waals surface area (Å²) in [5.41, 5.74) is -7.34. The first-order valence-electron chi connectivity index (χ1n) is 38.7. The summed E-state index contributed by atoms with van der Waals surface area (Å²) in [6.45, 7) is 44.0. The van der Waals surface area contributed by atoms with Crippen LogP contribution in [0.3, 0.4) is 0 Å². The normalized spacial score (nSPS) is 9.80. The van der Waals surface area contributed by atoms with Crippen molar-refractivity contribution in [3.8, 4) is 146 Å². The number of fused-ring (bicyclic) bond motifs is 30. The number of hydrogen-bond donors (Lipinski definition) is 0. The lowest BCUT2D eigenvalue weighted by Gasteiger charge is -2.11. The molecule has 5 aromatic carbocycles. The first-order valence-corrected chi connectivity index (χ1v) is 38.7. The van der Waals surface area contributed by atoms with Crippen LogP contribution in [-0.2, 0) is 0 Å². The second kappa shape index (κ2) is 38.1. The lowest BCUT2D eigenvalue weighted by molar-refractivity contribution is 1.01. The summed E-state index contributed by atoms with van der Waals surface area (Å²) in [7, 11) is 0. The highest BCUT2D eigenvalue weighted by Crippen LogP contribution is 2.46. The predicted molar refractivity (Wildman–Crippen MR) is 479 cm³/mol. The van der Waals surface area contributed by atoms with Crippen molar-refractivity contribution in [2.75, 3.05) is 0 Å². The molecule has 60 heteroatoms. The van der Waals surface area contributed by atoms with E-state index in [1.165, 1.54) is 0 Å². The fourth-order valence-electron chi connectivity index (χ4n) is 14.7. The van der Waals surface area contributed by atoms with Crippen molar-refractivity contribution >= 4 is 199 Å². The van der Waals surface area contributed by atoms with Gasteiger partial charge in [0.2, 0.25) is 28.2 Å². The molecule has 15 aromatic heterocycles. The van der Waals surface area contributed by atoms with Crippen molar-refractivity contribution in [1.29, 1.82) is 126 Å². The zero-order chi connectivity index (χ0) is 107. The van der Waals surface area contributed by atoms with E-state index in [2.05, 4.69) is 180 Å². The number of rotatable bonds is 0. The van der Waals surface area contributed by atoms with Crippen molar-refractivity contribution in [3.63, 3.8) is 0 Å². The predicted octanol–water partition coefficient (Wildman–Crippen LogP) is 7.81. The highest BCUT2D eigenvalue weighted by molar-refractivity contribution is 6.30. The molecule has 0 atom stereocenters. The molecule has 0 unspecified atom stereocenters. The van der Waals surface area contributed by atoms with Gasteiger partial charge in [-0.3, -0.25) is 0 Å². The molecule has 20 aromatic rings. The maximum absolute atomic E-state index is 9.65. The SMILES string of the molecule is N#Cc1nc(C#N)c2c3nc(C#N)c(C#N)nc3c3c(C#N)nnc(C#N)c3c2n1.N#Cc1nc2c(nc1C#N)c1c(C#N)nnc(C#N)c1c1nnc(C#N)c(C#N)c21.[C-]#[N+]c1nc2c(nc1[N+]#[C-])c1c([N+]#[C-])c(C#N)nnc1c1nnc(C#N)c([N+]#[C-])c12.[C-]#[N+]c1nnc2c3nc(C#N)c(C#N)nc3c3nc(C#N)c(C#N)nc3c2c1C#N.[C-]#[N+]c1nnc2c3nc(C#N)c(C#N)nc3c3nc(C#N)c(C#N)nc3c2c1C#N. The third-order valence-corrected chi connectivity index (χ3v) is 20.6. The summed E-state index contributed by atoms with van der Waals surface area (Å²) in [5.74, 6) is -1.62. The average Bonchev–Trinajstić information content (AvgIpc) is 0.749. The molecule has 0 aliphatic carbocycles. The van der Waals surface area contributed by atoms with Crippen molar-refractivity contribution in [2.24, 2.45) is 0 Å². The Morgan fingerprint density at radius 1 is 0.127 bits per heavy atom. The number of nitrogens with zero attached hydrogens (tertiary/aromatic N) is 60. The molecule has 0 spiro atoms. The molecule has 0 saturated carbocycles. The van der Waals surface area contributed by atoms with Crippen LogP contribution in [0.5, 0.6) is 0 Å². The molecule has 15 heterocycles. The molecule has 0 N–H and O–H groups in total. The topological polar surface area (TPSA) is 984 Å². The maximum atomic E-state index is 9.65. The smallest absolute Gasteiger partial charge is 0.314 e. The Bertz CT molecular complexity index is 10700. The van der Waals surface area contributed by atoms with Gasteiger partial charge in [-0.15, -0.1) is 50.8 Å². The second-order valence-electron chi connectivity index (χ2n) is 27.7. The molecule has 20 rings (SSSR count). The quantitative estimate of drug-likeness (QED) is 0.103. The lowest BCUT2D eigenvalue weighted by atomic mass is 9.98. The third-order valence-electron chi connectivity index (χ3n) is 20.6. The van der Waals surface area contributed by atoms with E-state index in [-0.39, 0.29) is 335 Å². The molecule has 0 aliphatic rings. The van der Waals surface area contributed by atoms with Gasteiger partial charge in [-0.05, 0) is 10.2 Å². The first kappa shape index (κ1) is 94.1. The van der Waals surface area contributed by atoms with E-state index in [0.717, 1.165) is 0 Å². The van der Waals surface area contributed by atoms with E-state index >= 15 is 0 Å². The fraction of sp³-hybridized carbons (Fsp3) is 0. The summed E-state index contributed by atoms with van der Waals surface area (Å²) in [6.07, 6.45) is 0. The Labute approximate surface area is 822 Å².